The molecule has 1 N–H and O–H groups in total. The van der Waals surface area contributed by atoms with Crippen LogP contribution in [0.5, 0.6) is 0 Å². The first-order valence-electron chi connectivity index (χ1n) is 6.50. The molecule has 0 fully saturated rings. The van der Waals surface area contributed by atoms with Crippen molar-refractivity contribution in [3.8, 4) is 11.8 Å². The lowest BCUT2D eigenvalue weighted by Crippen LogP contribution is -2.32. The molecule has 0 aliphatic carbocycles. The molecular formula is C16H20FNO2. The summed E-state index contributed by atoms with van der Waals surface area (Å²) in [7, 11) is 0. The molecule has 0 aromatic heterocycles. The number of carbonyl (C=O) groups is 1. The number of ether oxygens (including phenoxy) is 1. The summed E-state index contributed by atoms with van der Waals surface area (Å²) in [5.41, 5.74) is 1.09. The second-order valence-electron chi connectivity index (χ2n) is 5.44. The molecular weight excluding hydrogens is 257 g/mol. The largest absolute Gasteiger partial charge is 0.444 e. The van der Waals surface area contributed by atoms with E-state index in [4.69, 9.17) is 4.74 Å². The Balaban J connectivity index is 2.40. The van der Waals surface area contributed by atoms with Crippen LogP contribution in [0.1, 0.15) is 38.3 Å². The molecule has 0 unspecified atom stereocenters. The van der Waals surface area contributed by atoms with Gasteiger partial charge in [0.25, 0.3) is 0 Å². The van der Waals surface area contributed by atoms with Crippen molar-refractivity contribution in [2.45, 2.75) is 39.7 Å². The van der Waals surface area contributed by atoms with Crippen LogP contribution in [0.3, 0.4) is 0 Å². The number of aryl methyl sites for hydroxylation is 1. The highest BCUT2D eigenvalue weighted by Crippen LogP contribution is 2.08. The Morgan fingerprint density at radius 3 is 2.75 bits per heavy atom. The van der Waals surface area contributed by atoms with E-state index in [1.165, 1.54) is 12.1 Å². The van der Waals surface area contributed by atoms with E-state index in [1.54, 1.807) is 26.8 Å². The molecule has 0 heterocycles. The molecule has 4 heteroatoms. The van der Waals surface area contributed by atoms with Gasteiger partial charge in [-0.15, -0.1) is 0 Å². The van der Waals surface area contributed by atoms with Crippen molar-refractivity contribution in [1.29, 1.82) is 0 Å². The van der Waals surface area contributed by atoms with Crippen LogP contribution >= 0.6 is 0 Å². The van der Waals surface area contributed by atoms with E-state index < -0.39 is 11.7 Å². The molecule has 0 bridgehead atoms. The Morgan fingerprint density at radius 2 is 2.10 bits per heavy atom. The Kier molecular flexibility index (Phi) is 5.57. The molecule has 1 amide bonds. The SMILES string of the molecule is Cc1ccc(F)cc1C#CCCNC(=O)OC(C)(C)C. The minimum atomic E-state index is -0.506. The molecule has 0 aliphatic heterocycles. The maximum absolute atomic E-state index is 13.0. The summed E-state index contributed by atoms with van der Waals surface area (Å²) in [4.78, 5) is 11.4. The summed E-state index contributed by atoms with van der Waals surface area (Å²) in [6.07, 6.45) is 0.0242. The third-order valence-electron chi connectivity index (χ3n) is 2.34. The number of hydrogen-bond donors (Lipinski definition) is 1. The Morgan fingerprint density at radius 1 is 1.40 bits per heavy atom. The highest BCUT2D eigenvalue weighted by molar-refractivity contribution is 5.67. The molecule has 1 rings (SSSR count). The fourth-order valence-electron chi connectivity index (χ4n) is 1.43. The molecule has 1 aromatic rings. The van der Waals surface area contributed by atoms with Crippen LogP contribution in [-0.4, -0.2) is 18.2 Å². The standard InChI is InChI=1S/C16H20FNO2/c1-12-8-9-14(17)11-13(12)7-5-6-10-18-15(19)20-16(2,3)4/h8-9,11H,6,10H2,1-4H3,(H,18,19). The number of halogens is 1. The summed E-state index contributed by atoms with van der Waals surface area (Å²) in [6, 6.07) is 4.51. The number of nitrogens with one attached hydrogen (secondary N) is 1. The van der Waals surface area contributed by atoms with Crippen LogP contribution in [0.4, 0.5) is 9.18 Å². The monoisotopic (exact) mass is 277 g/mol. The molecule has 108 valence electrons. The van der Waals surface area contributed by atoms with Gasteiger partial charge in [0.05, 0.1) is 0 Å². The van der Waals surface area contributed by atoms with Gasteiger partial charge in [-0.2, -0.15) is 0 Å². The van der Waals surface area contributed by atoms with Gasteiger partial charge in [-0.1, -0.05) is 17.9 Å². The molecule has 0 atom stereocenters. The summed E-state index contributed by atoms with van der Waals surface area (Å²) in [6.45, 7) is 7.69. The fourth-order valence-corrected chi connectivity index (χ4v) is 1.43. The van der Waals surface area contributed by atoms with Crippen molar-refractivity contribution >= 4 is 6.09 Å². The van der Waals surface area contributed by atoms with Gasteiger partial charge in [0, 0.05) is 18.5 Å². The quantitative estimate of drug-likeness (QED) is 0.664. The van der Waals surface area contributed by atoms with Crippen LogP contribution in [0.25, 0.3) is 0 Å². The molecule has 20 heavy (non-hydrogen) atoms. The smallest absolute Gasteiger partial charge is 0.407 e. The van der Waals surface area contributed by atoms with Crippen LogP contribution in [0.2, 0.25) is 0 Å². The average Bonchev–Trinajstić information content (AvgIpc) is 2.30. The molecule has 3 nitrogen and oxygen atoms in total. The van der Waals surface area contributed by atoms with Crippen LogP contribution < -0.4 is 5.32 Å². The zero-order valence-electron chi connectivity index (χ0n) is 12.3. The summed E-state index contributed by atoms with van der Waals surface area (Å²) in [5.74, 6) is 5.50. The minimum Gasteiger partial charge on any atom is -0.444 e. The van der Waals surface area contributed by atoms with Gasteiger partial charge in [0.15, 0.2) is 0 Å². The predicted octanol–water partition coefficient (Wildman–Crippen LogP) is 3.40. The van der Waals surface area contributed by atoms with Gasteiger partial charge in [-0.05, 0) is 45.4 Å². The maximum atomic E-state index is 13.0. The first-order chi connectivity index (χ1) is 9.28. The van der Waals surface area contributed by atoms with Gasteiger partial charge < -0.3 is 10.1 Å². The van der Waals surface area contributed by atoms with E-state index in [9.17, 15) is 9.18 Å². The summed E-state index contributed by atoms with van der Waals surface area (Å²) in [5, 5.41) is 2.61. The van der Waals surface area contributed by atoms with Crippen molar-refractivity contribution in [3.63, 3.8) is 0 Å². The highest BCUT2D eigenvalue weighted by Gasteiger charge is 2.15. The van der Waals surface area contributed by atoms with E-state index in [-0.39, 0.29) is 5.82 Å². The zero-order chi connectivity index (χ0) is 15.2. The summed E-state index contributed by atoms with van der Waals surface area (Å²) >= 11 is 0. The maximum Gasteiger partial charge on any atom is 0.407 e. The molecule has 0 saturated heterocycles. The Labute approximate surface area is 119 Å². The number of amides is 1. The predicted molar refractivity (Wildman–Crippen MR) is 76.9 cm³/mol. The normalized spacial score (nSPS) is 10.4. The molecule has 0 aliphatic rings. The van der Waals surface area contributed by atoms with Crippen molar-refractivity contribution in [2.75, 3.05) is 6.54 Å². The number of carbonyl (C=O) groups excluding carboxylic acids is 1. The third kappa shape index (κ3) is 6.24. The Hall–Kier alpha value is -2.02. The van der Waals surface area contributed by atoms with Crippen LogP contribution in [0, 0.1) is 24.6 Å². The lowest BCUT2D eigenvalue weighted by molar-refractivity contribution is 0.0529. The number of benzene rings is 1. The zero-order valence-corrected chi connectivity index (χ0v) is 12.3. The topological polar surface area (TPSA) is 38.3 Å². The van der Waals surface area contributed by atoms with E-state index in [0.717, 1.165) is 5.56 Å². The average molecular weight is 277 g/mol. The second kappa shape index (κ2) is 6.95. The van der Waals surface area contributed by atoms with Crippen LogP contribution in [0.15, 0.2) is 18.2 Å². The molecule has 0 spiro atoms. The van der Waals surface area contributed by atoms with Gasteiger partial charge in [-0.25, -0.2) is 9.18 Å². The van der Waals surface area contributed by atoms with Gasteiger partial charge >= 0.3 is 6.09 Å². The van der Waals surface area contributed by atoms with E-state index in [0.29, 0.717) is 18.5 Å². The van der Waals surface area contributed by atoms with Crippen molar-refractivity contribution in [1.82, 2.24) is 5.32 Å². The minimum absolute atomic E-state index is 0.299. The lowest BCUT2D eigenvalue weighted by Gasteiger charge is -2.19. The molecule has 1 aromatic carbocycles. The van der Waals surface area contributed by atoms with Crippen LogP contribution in [-0.2, 0) is 4.74 Å². The fraction of sp³-hybridized carbons (Fsp3) is 0.438. The van der Waals surface area contributed by atoms with Crippen molar-refractivity contribution in [2.24, 2.45) is 0 Å². The third-order valence-corrected chi connectivity index (χ3v) is 2.34. The van der Waals surface area contributed by atoms with Crippen molar-refractivity contribution < 1.29 is 13.9 Å². The lowest BCUT2D eigenvalue weighted by atomic mass is 10.1. The highest BCUT2D eigenvalue weighted by atomic mass is 19.1. The van der Waals surface area contributed by atoms with E-state index >= 15 is 0 Å². The Bertz CT molecular complexity index is 536. The number of alkyl carbamates (subject to hydrolysis) is 1. The second-order valence-corrected chi connectivity index (χ2v) is 5.44. The van der Waals surface area contributed by atoms with Crippen molar-refractivity contribution in [3.05, 3.63) is 35.1 Å². The molecule has 0 saturated carbocycles. The van der Waals surface area contributed by atoms with E-state index in [2.05, 4.69) is 17.2 Å². The first kappa shape index (κ1) is 16.0. The van der Waals surface area contributed by atoms with E-state index in [1.807, 2.05) is 6.92 Å². The van der Waals surface area contributed by atoms with Gasteiger partial charge in [-0.3, -0.25) is 0 Å². The van der Waals surface area contributed by atoms with Gasteiger partial charge in [0.2, 0.25) is 0 Å². The summed E-state index contributed by atoms with van der Waals surface area (Å²) < 4.78 is 18.1. The van der Waals surface area contributed by atoms with Gasteiger partial charge in [0.1, 0.15) is 11.4 Å². The number of hydrogen-bond acceptors (Lipinski definition) is 2. The molecule has 0 radical (unpaired) electrons. The first-order valence-corrected chi connectivity index (χ1v) is 6.50. The number of rotatable bonds is 2.